The molecule has 0 bridgehead atoms. The summed E-state index contributed by atoms with van der Waals surface area (Å²) in [6.45, 7) is 4.11. The van der Waals surface area contributed by atoms with Crippen LogP contribution < -0.4 is 16.4 Å². The number of hydrogen-bond donors (Lipinski definition) is 3. The van der Waals surface area contributed by atoms with Gasteiger partial charge in [-0.1, -0.05) is 25.1 Å². The van der Waals surface area contributed by atoms with Gasteiger partial charge in [0.2, 0.25) is 0 Å². The average Bonchev–Trinajstić information content (AvgIpc) is 2.71. The Morgan fingerprint density at radius 1 is 0.893 bits per heavy atom. The van der Waals surface area contributed by atoms with Crippen molar-refractivity contribution in [1.82, 2.24) is 15.0 Å². The number of rotatable bonds is 5. The Morgan fingerprint density at radius 3 is 2.39 bits per heavy atom. The van der Waals surface area contributed by atoms with E-state index in [1.165, 1.54) is 11.9 Å². The average molecular weight is 370 g/mol. The fraction of sp³-hybridized carbons (Fsp3) is 0.136. The maximum Gasteiger partial charge on any atom is 0.159 e. The molecule has 0 fully saturated rings. The van der Waals surface area contributed by atoms with E-state index in [1.54, 1.807) is 0 Å². The third-order valence-electron chi connectivity index (χ3n) is 4.63. The van der Waals surface area contributed by atoms with E-state index in [1.807, 2.05) is 49.4 Å². The minimum Gasteiger partial charge on any atom is -0.393 e. The van der Waals surface area contributed by atoms with E-state index < -0.39 is 0 Å². The summed E-state index contributed by atoms with van der Waals surface area (Å²) in [6, 6.07) is 18.2. The van der Waals surface area contributed by atoms with Gasteiger partial charge in [-0.05, 0) is 55.3 Å². The highest BCUT2D eigenvalue weighted by atomic mass is 15.1. The lowest BCUT2D eigenvalue weighted by molar-refractivity contribution is 1.14. The molecule has 2 aromatic heterocycles. The first-order chi connectivity index (χ1) is 13.6. The van der Waals surface area contributed by atoms with Crippen LogP contribution >= 0.6 is 0 Å². The summed E-state index contributed by atoms with van der Waals surface area (Å²) < 4.78 is 0. The van der Waals surface area contributed by atoms with Gasteiger partial charge in [0.1, 0.15) is 12.0 Å². The van der Waals surface area contributed by atoms with Crippen molar-refractivity contribution in [1.29, 1.82) is 0 Å². The van der Waals surface area contributed by atoms with Gasteiger partial charge in [-0.3, -0.25) is 4.98 Å². The predicted molar refractivity (Wildman–Crippen MR) is 115 cm³/mol. The summed E-state index contributed by atoms with van der Waals surface area (Å²) >= 11 is 0. The molecular formula is C22H22N6. The van der Waals surface area contributed by atoms with Crippen LogP contribution in [0.15, 0.2) is 60.9 Å². The molecule has 0 saturated carbocycles. The molecule has 2 aromatic carbocycles. The number of nitrogens with two attached hydrogens (primary N) is 1. The topological polar surface area (TPSA) is 88.8 Å². The summed E-state index contributed by atoms with van der Waals surface area (Å²) in [5.74, 6) is 1.12. The minimum atomic E-state index is 0.458. The number of anilines is 5. The van der Waals surface area contributed by atoms with Crippen molar-refractivity contribution < 1.29 is 0 Å². The van der Waals surface area contributed by atoms with Crippen molar-refractivity contribution in [2.45, 2.75) is 20.3 Å². The number of hydrogen-bond acceptors (Lipinski definition) is 6. The molecule has 140 valence electrons. The number of nitrogens with one attached hydrogen (secondary N) is 2. The third kappa shape index (κ3) is 3.57. The molecular weight excluding hydrogens is 348 g/mol. The lowest BCUT2D eigenvalue weighted by Gasteiger charge is -2.14. The summed E-state index contributed by atoms with van der Waals surface area (Å²) in [5, 5.41) is 7.60. The zero-order valence-corrected chi connectivity index (χ0v) is 15.9. The number of pyridine rings is 1. The highest BCUT2D eigenvalue weighted by Gasteiger charge is 2.10. The fourth-order valence-corrected chi connectivity index (χ4v) is 3.05. The van der Waals surface area contributed by atoms with Crippen LogP contribution in [0.4, 0.5) is 28.7 Å². The summed E-state index contributed by atoms with van der Waals surface area (Å²) in [5.41, 5.74) is 11.8. The van der Waals surface area contributed by atoms with E-state index in [0.29, 0.717) is 17.3 Å². The predicted octanol–water partition coefficient (Wildman–Crippen LogP) is 4.97. The Bertz CT molecular complexity index is 1120. The van der Waals surface area contributed by atoms with Gasteiger partial charge in [0.25, 0.3) is 0 Å². The van der Waals surface area contributed by atoms with Gasteiger partial charge in [-0.2, -0.15) is 0 Å². The van der Waals surface area contributed by atoms with Crippen LogP contribution in [0.2, 0.25) is 0 Å². The van der Waals surface area contributed by atoms with E-state index in [-0.39, 0.29) is 0 Å². The highest BCUT2D eigenvalue weighted by molar-refractivity contribution is 5.94. The summed E-state index contributed by atoms with van der Waals surface area (Å²) in [6.07, 6.45) is 2.50. The van der Waals surface area contributed by atoms with Gasteiger partial charge in [0.15, 0.2) is 11.6 Å². The number of nitrogen functional groups attached to an aromatic ring is 1. The standard InChI is InChI=1S/C22H22N6/c1-3-15-8-10-16(11-9-15)27-21-20(23)22(25-13-24-21)28-19-6-4-5-18-17(19)12-7-14(2)26-18/h4-13H,3,23H2,1-2H3,(H2,24,25,27,28). The van der Waals surface area contributed by atoms with Crippen molar-refractivity contribution >= 4 is 39.6 Å². The van der Waals surface area contributed by atoms with Gasteiger partial charge in [0, 0.05) is 22.5 Å². The highest BCUT2D eigenvalue weighted by Crippen LogP contribution is 2.31. The molecule has 6 heteroatoms. The van der Waals surface area contributed by atoms with Crippen LogP contribution in [0.1, 0.15) is 18.2 Å². The third-order valence-corrected chi connectivity index (χ3v) is 4.63. The molecule has 0 radical (unpaired) electrons. The SMILES string of the molecule is CCc1ccc(Nc2ncnc(Nc3cccc4nc(C)ccc34)c2N)cc1. The second-order valence-electron chi connectivity index (χ2n) is 6.61. The molecule has 2 heterocycles. The summed E-state index contributed by atoms with van der Waals surface area (Å²) in [4.78, 5) is 13.2. The number of aryl methyl sites for hydroxylation is 2. The van der Waals surface area contributed by atoms with Gasteiger partial charge >= 0.3 is 0 Å². The Balaban J connectivity index is 1.63. The van der Waals surface area contributed by atoms with Gasteiger partial charge in [0.05, 0.1) is 5.52 Å². The number of aromatic nitrogens is 3. The molecule has 0 unspecified atom stereocenters. The fourth-order valence-electron chi connectivity index (χ4n) is 3.05. The number of nitrogens with zero attached hydrogens (tertiary/aromatic N) is 3. The van der Waals surface area contributed by atoms with Gasteiger partial charge in [-0.25, -0.2) is 9.97 Å². The molecule has 0 aliphatic rings. The van der Waals surface area contributed by atoms with Crippen LogP contribution in [0.5, 0.6) is 0 Å². The molecule has 28 heavy (non-hydrogen) atoms. The van der Waals surface area contributed by atoms with Crippen molar-refractivity contribution in [3.8, 4) is 0 Å². The Labute approximate surface area is 163 Å². The first-order valence-electron chi connectivity index (χ1n) is 9.24. The molecule has 4 rings (SSSR count). The zero-order valence-electron chi connectivity index (χ0n) is 15.9. The quantitative estimate of drug-likeness (QED) is 0.460. The molecule has 0 atom stereocenters. The normalized spacial score (nSPS) is 10.8. The molecule has 0 aliphatic carbocycles. The van der Waals surface area contributed by atoms with E-state index in [0.717, 1.165) is 34.4 Å². The van der Waals surface area contributed by atoms with Crippen LogP contribution in [0.25, 0.3) is 10.9 Å². The monoisotopic (exact) mass is 370 g/mol. The lowest BCUT2D eigenvalue weighted by atomic mass is 10.1. The maximum atomic E-state index is 6.34. The van der Waals surface area contributed by atoms with Gasteiger partial charge in [-0.15, -0.1) is 0 Å². The Kier molecular flexibility index (Phi) is 4.76. The van der Waals surface area contributed by atoms with Crippen molar-refractivity contribution in [3.63, 3.8) is 0 Å². The Morgan fingerprint density at radius 2 is 1.64 bits per heavy atom. The smallest absolute Gasteiger partial charge is 0.159 e. The first kappa shape index (κ1) is 17.7. The molecule has 0 aliphatic heterocycles. The minimum absolute atomic E-state index is 0.458. The van der Waals surface area contributed by atoms with E-state index in [9.17, 15) is 0 Å². The number of fused-ring (bicyclic) bond motifs is 1. The Hall–Kier alpha value is -3.67. The molecule has 0 saturated heterocycles. The largest absolute Gasteiger partial charge is 0.393 e. The van der Waals surface area contributed by atoms with E-state index in [2.05, 4.69) is 44.6 Å². The number of benzene rings is 2. The summed E-state index contributed by atoms with van der Waals surface area (Å²) in [7, 11) is 0. The second-order valence-corrected chi connectivity index (χ2v) is 6.61. The molecule has 6 nitrogen and oxygen atoms in total. The molecule has 0 spiro atoms. The van der Waals surface area contributed by atoms with Crippen molar-refractivity contribution in [2.24, 2.45) is 0 Å². The molecule has 4 N–H and O–H groups in total. The second kappa shape index (κ2) is 7.52. The van der Waals surface area contributed by atoms with Crippen LogP contribution in [0, 0.1) is 6.92 Å². The maximum absolute atomic E-state index is 6.34. The molecule has 0 amide bonds. The molecule has 4 aromatic rings. The van der Waals surface area contributed by atoms with Crippen molar-refractivity contribution in [3.05, 3.63) is 72.2 Å². The zero-order chi connectivity index (χ0) is 19.5. The first-order valence-corrected chi connectivity index (χ1v) is 9.24. The van der Waals surface area contributed by atoms with E-state index >= 15 is 0 Å². The van der Waals surface area contributed by atoms with Crippen LogP contribution in [-0.4, -0.2) is 15.0 Å². The van der Waals surface area contributed by atoms with Crippen LogP contribution in [0.3, 0.4) is 0 Å². The van der Waals surface area contributed by atoms with Gasteiger partial charge < -0.3 is 16.4 Å². The van der Waals surface area contributed by atoms with Crippen LogP contribution in [-0.2, 0) is 6.42 Å². The van der Waals surface area contributed by atoms with Crippen molar-refractivity contribution in [2.75, 3.05) is 16.4 Å². The van der Waals surface area contributed by atoms with E-state index in [4.69, 9.17) is 5.73 Å². The lowest BCUT2D eigenvalue weighted by Crippen LogP contribution is -2.05.